The Morgan fingerprint density at radius 3 is 2.62 bits per heavy atom. The van der Waals surface area contributed by atoms with Gasteiger partial charge in [-0.1, -0.05) is 21.1 Å². The highest BCUT2D eigenvalue weighted by atomic mass is 79.9. The fourth-order valence-corrected chi connectivity index (χ4v) is 3.25. The highest BCUT2D eigenvalue weighted by Gasteiger charge is 2.28. The van der Waals surface area contributed by atoms with E-state index >= 15 is 0 Å². The van der Waals surface area contributed by atoms with E-state index in [1.54, 1.807) is 19.1 Å². The normalized spacial score (nSPS) is 17.0. The predicted molar refractivity (Wildman–Crippen MR) is 92.0 cm³/mol. The number of aromatic nitrogens is 2. The summed E-state index contributed by atoms with van der Waals surface area (Å²) in [5.41, 5.74) is 0.780. The van der Waals surface area contributed by atoms with Crippen LogP contribution in [0.5, 0.6) is 0 Å². The summed E-state index contributed by atoms with van der Waals surface area (Å²) < 4.78 is 5.95. The minimum absolute atomic E-state index is 0.0354. The van der Waals surface area contributed by atoms with Crippen LogP contribution in [-0.2, 0) is 0 Å². The Hall–Kier alpha value is -2.00. The van der Waals surface area contributed by atoms with Crippen LogP contribution in [0.15, 0.2) is 27.2 Å². The molecule has 0 bridgehead atoms. The van der Waals surface area contributed by atoms with Crippen LogP contribution in [0.1, 0.15) is 24.7 Å². The first-order valence-corrected chi connectivity index (χ1v) is 8.48. The summed E-state index contributed by atoms with van der Waals surface area (Å²) in [5, 5.41) is 15.1. The topological polar surface area (TPSA) is 88.5 Å². The van der Waals surface area contributed by atoms with Crippen LogP contribution >= 0.6 is 15.9 Å². The van der Waals surface area contributed by atoms with Gasteiger partial charge in [-0.2, -0.15) is 4.98 Å². The van der Waals surface area contributed by atoms with E-state index < -0.39 is 0 Å². The summed E-state index contributed by atoms with van der Waals surface area (Å²) in [6.07, 6.45) is 0. The van der Waals surface area contributed by atoms with Gasteiger partial charge in [0.15, 0.2) is 5.82 Å². The molecule has 3 rings (SSSR count). The molecule has 1 aliphatic heterocycles. The molecule has 24 heavy (non-hydrogen) atoms. The molecule has 8 nitrogen and oxygen atoms in total. The Kier molecular flexibility index (Phi) is 4.81. The molecule has 9 heteroatoms. The lowest BCUT2D eigenvalue weighted by atomic mass is 10.2. The van der Waals surface area contributed by atoms with E-state index in [4.69, 9.17) is 4.52 Å². The lowest BCUT2D eigenvalue weighted by Crippen LogP contribution is -2.47. The minimum Gasteiger partial charge on any atom is -0.363 e. The van der Waals surface area contributed by atoms with Crippen molar-refractivity contribution in [3.8, 4) is 0 Å². The Labute approximate surface area is 147 Å². The van der Waals surface area contributed by atoms with Crippen LogP contribution in [0.2, 0.25) is 0 Å². The average Bonchev–Trinajstić information content (AvgIpc) is 3.01. The number of piperazine rings is 1. The van der Waals surface area contributed by atoms with Crippen molar-refractivity contribution in [2.45, 2.75) is 19.9 Å². The third-order valence-electron chi connectivity index (χ3n) is 4.24. The number of hydrogen-bond donors (Lipinski definition) is 0. The van der Waals surface area contributed by atoms with E-state index in [0.717, 1.165) is 13.1 Å². The van der Waals surface area contributed by atoms with Crippen molar-refractivity contribution in [1.29, 1.82) is 0 Å². The van der Waals surface area contributed by atoms with Crippen LogP contribution in [0.3, 0.4) is 0 Å². The van der Waals surface area contributed by atoms with Crippen molar-refractivity contribution in [3.05, 3.63) is 44.5 Å². The van der Waals surface area contributed by atoms with Gasteiger partial charge in [0.1, 0.15) is 5.69 Å². The van der Waals surface area contributed by atoms with Crippen LogP contribution in [0, 0.1) is 17.0 Å². The van der Waals surface area contributed by atoms with Gasteiger partial charge >= 0.3 is 0 Å². The Bertz CT molecular complexity index is 742. The lowest BCUT2D eigenvalue weighted by molar-refractivity contribution is -0.384. The number of halogens is 1. The SMILES string of the molecule is Cc1noc(C(C)N2CCN(c3ccc(Br)cc3[N+](=O)[O-])CC2)n1. The first-order valence-electron chi connectivity index (χ1n) is 7.69. The first kappa shape index (κ1) is 16.8. The van der Waals surface area contributed by atoms with Crippen LogP contribution in [-0.4, -0.2) is 46.1 Å². The highest BCUT2D eigenvalue weighted by molar-refractivity contribution is 9.10. The maximum absolute atomic E-state index is 11.3. The Morgan fingerprint density at radius 2 is 2.04 bits per heavy atom. The third kappa shape index (κ3) is 3.41. The maximum Gasteiger partial charge on any atom is 0.293 e. The van der Waals surface area contributed by atoms with E-state index in [0.29, 0.717) is 35.0 Å². The van der Waals surface area contributed by atoms with Crippen molar-refractivity contribution < 1.29 is 9.45 Å². The molecule has 1 aromatic heterocycles. The standard InChI is InChI=1S/C15H18BrN5O3/c1-10(15-17-11(2)18-24-15)19-5-7-20(8-6-19)13-4-3-12(16)9-14(13)21(22)23/h3-4,9-10H,5-8H2,1-2H3. The molecule has 1 aliphatic rings. The summed E-state index contributed by atoms with van der Waals surface area (Å²) >= 11 is 3.29. The van der Waals surface area contributed by atoms with Crippen molar-refractivity contribution in [2.24, 2.45) is 0 Å². The van der Waals surface area contributed by atoms with Crippen LogP contribution in [0.25, 0.3) is 0 Å². The number of nitro groups is 1. The molecule has 1 atom stereocenters. The van der Waals surface area contributed by atoms with Crippen LogP contribution in [0.4, 0.5) is 11.4 Å². The van der Waals surface area contributed by atoms with Crippen molar-refractivity contribution in [1.82, 2.24) is 15.0 Å². The van der Waals surface area contributed by atoms with Gasteiger partial charge in [0, 0.05) is 36.7 Å². The fraction of sp³-hybridized carbons (Fsp3) is 0.467. The predicted octanol–water partition coefficient (Wildman–Crippen LogP) is 2.93. The van der Waals surface area contributed by atoms with Gasteiger partial charge in [0.25, 0.3) is 5.69 Å². The van der Waals surface area contributed by atoms with Crippen molar-refractivity contribution in [2.75, 3.05) is 31.1 Å². The summed E-state index contributed by atoms with van der Waals surface area (Å²) in [4.78, 5) is 19.5. The largest absolute Gasteiger partial charge is 0.363 e. The van der Waals surface area contributed by atoms with Gasteiger partial charge in [-0.25, -0.2) is 0 Å². The zero-order chi connectivity index (χ0) is 17.3. The van der Waals surface area contributed by atoms with E-state index in [1.807, 2.05) is 17.9 Å². The molecule has 0 spiro atoms. The van der Waals surface area contributed by atoms with E-state index in [9.17, 15) is 10.1 Å². The second-order valence-corrected chi connectivity index (χ2v) is 6.68. The molecule has 0 radical (unpaired) electrons. The second-order valence-electron chi connectivity index (χ2n) is 5.77. The summed E-state index contributed by atoms with van der Waals surface area (Å²) in [6.45, 7) is 6.79. The van der Waals surface area contributed by atoms with Crippen molar-refractivity contribution >= 4 is 27.3 Å². The molecule has 128 valence electrons. The maximum atomic E-state index is 11.3. The van der Waals surface area contributed by atoms with Gasteiger partial charge in [-0.3, -0.25) is 15.0 Å². The smallest absolute Gasteiger partial charge is 0.293 e. The quantitative estimate of drug-likeness (QED) is 0.580. The molecular formula is C15H18BrN5O3. The molecule has 0 N–H and O–H groups in total. The molecule has 1 aromatic carbocycles. The number of nitrogens with zero attached hydrogens (tertiary/aromatic N) is 5. The number of rotatable bonds is 4. The zero-order valence-corrected chi connectivity index (χ0v) is 15.1. The number of aryl methyl sites for hydroxylation is 1. The molecule has 2 heterocycles. The molecule has 2 aromatic rings. The Morgan fingerprint density at radius 1 is 1.33 bits per heavy atom. The summed E-state index contributed by atoms with van der Waals surface area (Å²) in [5.74, 6) is 1.23. The first-order chi connectivity index (χ1) is 11.5. The Balaban J connectivity index is 1.70. The molecule has 0 aliphatic carbocycles. The van der Waals surface area contributed by atoms with E-state index in [-0.39, 0.29) is 16.7 Å². The molecule has 1 fully saturated rings. The number of benzene rings is 1. The van der Waals surface area contributed by atoms with Gasteiger partial charge in [-0.05, 0) is 26.0 Å². The fourth-order valence-electron chi connectivity index (χ4n) is 2.90. The monoisotopic (exact) mass is 395 g/mol. The van der Waals surface area contributed by atoms with E-state index in [2.05, 4.69) is 31.0 Å². The lowest BCUT2D eigenvalue weighted by Gasteiger charge is -2.37. The highest BCUT2D eigenvalue weighted by Crippen LogP contribution is 2.32. The molecular weight excluding hydrogens is 378 g/mol. The molecule has 0 saturated carbocycles. The molecule has 1 saturated heterocycles. The van der Waals surface area contributed by atoms with E-state index in [1.165, 1.54) is 0 Å². The molecule has 1 unspecified atom stereocenters. The number of nitro benzene ring substituents is 1. The van der Waals surface area contributed by atoms with Crippen molar-refractivity contribution in [3.63, 3.8) is 0 Å². The second kappa shape index (κ2) is 6.86. The third-order valence-corrected chi connectivity index (χ3v) is 4.73. The van der Waals surface area contributed by atoms with Gasteiger partial charge in [-0.15, -0.1) is 0 Å². The molecule has 0 amide bonds. The zero-order valence-electron chi connectivity index (χ0n) is 13.5. The summed E-state index contributed by atoms with van der Waals surface area (Å²) in [6, 6.07) is 5.21. The van der Waals surface area contributed by atoms with Gasteiger partial charge < -0.3 is 9.42 Å². The number of hydrogen-bond acceptors (Lipinski definition) is 7. The van der Waals surface area contributed by atoms with Gasteiger partial charge in [0.05, 0.1) is 11.0 Å². The van der Waals surface area contributed by atoms with Crippen LogP contribution < -0.4 is 4.90 Å². The minimum atomic E-state index is -0.337. The average molecular weight is 396 g/mol. The summed E-state index contributed by atoms with van der Waals surface area (Å²) in [7, 11) is 0. The number of anilines is 1. The van der Waals surface area contributed by atoms with Gasteiger partial charge in [0.2, 0.25) is 5.89 Å².